The number of pyridine rings is 1. The van der Waals surface area contributed by atoms with E-state index in [0.29, 0.717) is 30.0 Å². The first-order valence-corrected chi connectivity index (χ1v) is 19.2. The van der Waals surface area contributed by atoms with Crippen molar-refractivity contribution < 1.29 is 37.8 Å². The maximum Gasteiger partial charge on any atom is 0.410 e. The highest BCUT2D eigenvalue weighted by molar-refractivity contribution is 5.93. The fraction of sp³-hybridized carbons (Fsp3) is 0.465. The number of amides is 4. The topological polar surface area (TPSA) is 135 Å². The van der Waals surface area contributed by atoms with Crippen molar-refractivity contribution >= 4 is 29.5 Å². The van der Waals surface area contributed by atoms with E-state index in [1.54, 1.807) is 91.6 Å². The molecule has 14 heteroatoms. The second kappa shape index (κ2) is 17.6. The largest absolute Gasteiger partial charge is 0.497 e. The third-order valence-electron chi connectivity index (χ3n) is 9.95. The van der Waals surface area contributed by atoms with Gasteiger partial charge in [-0.05, 0) is 93.6 Å². The van der Waals surface area contributed by atoms with E-state index >= 15 is 0 Å². The van der Waals surface area contributed by atoms with E-state index in [0.717, 1.165) is 5.56 Å². The molecule has 306 valence electrons. The second-order valence-electron chi connectivity index (χ2n) is 16.6. The van der Waals surface area contributed by atoms with E-state index in [9.17, 15) is 23.6 Å². The molecule has 0 unspecified atom stereocenters. The number of methoxy groups -OCH3 is 1. The number of nitrogens with one attached hydrogen (secondary N) is 1. The number of aromatic nitrogens is 2. The van der Waals surface area contributed by atoms with E-state index in [2.05, 4.69) is 10.3 Å². The third kappa shape index (κ3) is 11.0. The zero-order valence-electron chi connectivity index (χ0n) is 34.3. The van der Waals surface area contributed by atoms with E-state index in [1.807, 2.05) is 45.2 Å². The van der Waals surface area contributed by atoms with E-state index in [-0.39, 0.29) is 43.0 Å². The zero-order chi connectivity index (χ0) is 41.7. The number of nitrogens with zero attached hydrogens (tertiary/aromatic N) is 5. The van der Waals surface area contributed by atoms with Crippen LogP contribution in [0.5, 0.6) is 11.5 Å². The van der Waals surface area contributed by atoms with Crippen LogP contribution in [0.4, 0.5) is 9.18 Å². The number of hydrogen-bond acceptors (Lipinski definition) is 8. The minimum Gasteiger partial charge on any atom is -0.497 e. The average Bonchev–Trinajstić information content (AvgIpc) is 3.78. The van der Waals surface area contributed by atoms with Gasteiger partial charge in [0.15, 0.2) is 0 Å². The molecule has 13 nitrogen and oxygen atoms in total. The molecule has 1 N–H and O–H groups in total. The van der Waals surface area contributed by atoms with Gasteiger partial charge in [-0.2, -0.15) is 0 Å². The summed E-state index contributed by atoms with van der Waals surface area (Å²) in [5.41, 5.74) is 0.168. The van der Waals surface area contributed by atoms with Crippen LogP contribution in [-0.4, -0.2) is 112 Å². The number of halogens is 1. The van der Waals surface area contributed by atoms with Gasteiger partial charge in [-0.1, -0.05) is 39.0 Å². The summed E-state index contributed by atoms with van der Waals surface area (Å²) < 4.78 is 32.8. The molecule has 5 rings (SSSR count). The molecule has 0 radical (unpaired) electrons. The van der Waals surface area contributed by atoms with Crippen LogP contribution in [0.1, 0.15) is 70.9 Å². The predicted octanol–water partition coefficient (Wildman–Crippen LogP) is 6.00. The van der Waals surface area contributed by atoms with Gasteiger partial charge in [0.25, 0.3) is 5.91 Å². The molecule has 1 saturated heterocycles. The number of ether oxygens (including phenoxy) is 3. The Bertz CT molecular complexity index is 1990. The summed E-state index contributed by atoms with van der Waals surface area (Å²) >= 11 is 0. The van der Waals surface area contributed by atoms with Crippen molar-refractivity contribution in [3.8, 4) is 11.5 Å². The minimum absolute atomic E-state index is 0.130. The molecule has 1 aliphatic heterocycles. The SMILES string of the molecule is COc1ccc(O[C@H]2C[C@@H](CN(CCc3ccc(F)cc3)C(=O)c3cn4ccccc4n3)N(C(=O)[C@@H](NC(=O)[C@H](C)N(C)C(=O)OC(C)(C)C)C(C)(C)C)C2)cc1. The lowest BCUT2D eigenvalue weighted by Crippen LogP contribution is -2.60. The van der Waals surface area contributed by atoms with Gasteiger partial charge in [-0.25, -0.2) is 14.2 Å². The lowest BCUT2D eigenvalue weighted by Gasteiger charge is -2.38. The van der Waals surface area contributed by atoms with E-state index in [4.69, 9.17) is 14.2 Å². The maximum absolute atomic E-state index is 14.9. The predicted molar refractivity (Wildman–Crippen MR) is 214 cm³/mol. The summed E-state index contributed by atoms with van der Waals surface area (Å²) in [4.78, 5) is 65.0. The van der Waals surface area contributed by atoms with Crippen molar-refractivity contribution in [1.82, 2.24) is 29.4 Å². The zero-order valence-corrected chi connectivity index (χ0v) is 34.3. The highest BCUT2D eigenvalue weighted by atomic mass is 19.1. The Balaban J connectivity index is 1.45. The fourth-order valence-electron chi connectivity index (χ4n) is 6.64. The number of likely N-dealkylation sites (N-methyl/N-ethyl adjacent to an activating group) is 1. The van der Waals surface area contributed by atoms with Gasteiger partial charge in [-0.15, -0.1) is 0 Å². The molecule has 0 bridgehead atoms. The molecule has 3 heterocycles. The minimum atomic E-state index is -1.01. The number of benzene rings is 2. The number of fused-ring (bicyclic) bond motifs is 1. The Morgan fingerprint density at radius 2 is 1.63 bits per heavy atom. The molecule has 0 spiro atoms. The molecule has 1 fully saturated rings. The summed E-state index contributed by atoms with van der Waals surface area (Å²) in [6, 6.07) is 16.3. The van der Waals surface area contributed by atoms with Crippen LogP contribution in [0.2, 0.25) is 0 Å². The van der Waals surface area contributed by atoms with Gasteiger partial charge >= 0.3 is 6.09 Å². The first-order valence-electron chi connectivity index (χ1n) is 19.2. The summed E-state index contributed by atoms with van der Waals surface area (Å²) in [6.07, 6.45) is 3.17. The Labute approximate surface area is 334 Å². The Kier molecular flexibility index (Phi) is 13.2. The van der Waals surface area contributed by atoms with Gasteiger partial charge in [-0.3, -0.25) is 19.3 Å². The molecule has 57 heavy (non-hydrogen) atoms. The van der Waals surface area contributed by atoms with E-state index < -0.39 is 47.2 Å². The van der Waals surface area contributed by atoms with Crippen LogP contribution in [0.25, 0.3) is 5.65 Å². The van der Waals surface area contributed by atoms with Crippen LogP contribution >= 0.6 is 0 Å². The summed E-state index contributed by atoms with van der Waals surface area (Å²) in [7, 11) is 3.06. The normalized spacial score (nSPS) is 16.8. The molecular weight excluding hydrogens is 732 g/mol. The number of hydrogen-bond donors (Lipinski definition) is 1. The Morgan fingerprint density at radius 1 is 0.965 bits per heavy atom. The molecule has 2 aromatic carbocycles. The van der Waals surface area contributed by atoms with Crippen molar-refractivity contribution in [2.75, 3.05) is 33.8 Å². The smallest absolute Gasteiger partial charge is 0.410 e. The van der Waals surface area contributed by atoms with E-state index in [1.165, 1.54) is 24.1 Å². The van der Waals surface area contributed by atoms with Crippen LogP contribution in [0.3, 0.4) is 0 Å². The number of rotatable bonds is 13. The van der Waals surface area contributed by atoms with Crippen LogP contribution in [-0.2, 0) is 20.7 Å². The lowest BCUT2D eigenvalue weighted by molar-refractivity contribution is -0.141. The molecule has 4 amide bonds. The second-order valence-corrected chi connectivity index (χ2v) is 16.6. The maximum atomic E-state index is 14.9. The Hall–Kier alpha value is -5.66. The van der Waals surface area contributed by atoms with Crippen LogP contribution < -0.4 is 14.8 Å². The first-order chi connectivity index (χ1) is 26.8. The van der Waals surface area contributed by atoms with Crippen molar-refractivity contribution in [2.45, 2.75) is 91.1 Å². The van der Waals surface area contributed by atoms with Crippen molar-refractivity contribution in [1.29, 1.82) is 0 Å². The quantitative estimate of drug-likeness (QED) is 0.175. The number of carbonyl (C=O) groups excluding carboxylic acids is 4. The first kappa shape index (κ1) is 42.5. The van der Waals surface area contributed by atoms with Gasteiger partial charge in [0, 0.05) is 39.0 Å². The van der Waals surface area contributed by atoms with Crippen molar-refractivity contribution in [2.24, 2.45) is 5.41 Å². The summed E-state index contributed by atoms with van der Waals surface area (Å²) in [5.74, 6) is -0.310. The number of carbonyl (C=O) groups is 4. The van der Waals surface area contributed by atoms with Gasteiger partial charge < -0.3 is 33.7 Å². The fourth-order valence-corrected chi connectivity index (χ4v) is 6.64. The number of imidazole rings is 1. The average molecular weight is 787 g/mol. The standard InChI is InChI=1S/C43H55FN6O7/c1-28(47(8)41(54)57-43(5,6)7)38(51)46-37(42(2,3)4)40(53)50-26-34(56-33-19-17-32(55-9)18-20-33)24-31(50)25-49(23-21-29-13-15-30(44)16-14-29)39(52)35-27-48-22-11-10-12-36(48)45-35/h10-20,22,27-28,31,34,37H,21,23-26H2,1-9H3,(H,46,51)/t28-,31-,34-,37+/m0/s1. The van der Waals surface area contributed by atoms with Crippen LogP contribution in [0.15, 0.2) is 79.1 Å². The summed E-state index contributed by atoms with van der Waals surface area (Å²) in [5, 5.41) is 2.94. The number of likely N-dealkylation sites (tertiary alicyclic amines) is 1. The lowest BCUT2D eigenvalue weighted by atomic mass is 9.85. The molecule has 2 aromatic heterocycles. The van der Waals surface area contributed by atoms with Gasteiger partial charge in [0.1, 0.15) is 52.4 Å². The highest BCUT2D eigenvalue weighted by Crippen LogP contribution is 2.30. The van der Waals surface area contributed by atoms with Gasteiger partial charge in [0.2, 0.25) is 11.8 Å². The third-order valence-corrected chi connectivity index (χ3v) is 9.95. The molecule has 4 aromatic rings. The van der Waals surface area contributed by atoms with Crippen LogP contribution in [0, 0.1) is 11.2 Å². The van der Waals surface area contributed by atoms with Gasteiger partial charge in [0.05, 0.1) is 19.7 Å². The molecule has 4 atom stereocenters. The van der Waals surface area contributed by atoms with Crippen molar-refractivity contribution in [3.63, 3.8) is 0 Å². The van der Waals surface area contributed by atoms with Crippen molar-refractivity contribution in [3.05, 3.63) is 96.2 Å². The monoisotopic (exact) mass is 786 g/mol. The highest BCUT2D eigenvalue weighted by Gasteiger charge is 2.45. The molecule has 0 saturated carbocycles. The molecular formula is C43H55FN6O7. The molecule has 1 aliphatic rings. The summed E-state index contributed by atoms with van der Waals surface area (Å²) in [6.45, 7) is 12.9. The molecule has 0 aliphatic carbocycles. The Morgan fingerprint density at radius 3 is 2.25 bits per heavy atom.